The van der Waals surface area contributed by atoms with Crippen molar-refractivity contribution in [3.8, 4) is 0 Å². The van der Waals surface area contributed by atoms with Crippen molar-refractivity contribution in [2.24, 2.45) is 0 Å². The van der Waals surface area contributed by atoms with Gasteiger partial charge in [0.1, 0.15) is 11.6 Å². The summed E-state index contributed by atoms with van der Waals surface area (Å²) in [6, 6.07) is 12.5. The van der Waals surface area contributed by atoms with Gasteiger partial charge in [-0.1, -0.05) is 33.6 Å². The van der Waals surface area contributed by atoms with Crippen LogP contribution in [0.2, 0.25) is 5.02 Å². The van der Waals surface area contributed by atoms with Gasteiger partial charge >= 0.3 is 0 Å². The maximum absolute atomic E-state index is 13.5. The van der Waals surface area contributed by atoms with Crippen molar-refractivity contribution in [2.75, 3.05) is 11.9 Å². The van der Waals surface area contributed by atoms with Crippen molar-refractivity contribution in [1.82, 2.24) is 4.90 Å². The zero-order chi connectivity index (χ0) is 21.4. The van der Waals surface area contributed by atoms with Crippen LogP contribution in [0.4, 0.5) is 11.4 Å². The molecule has 10 heteroatoms. The van der Waals surface area contributed by atoms with Crippen molar-refractivity contribution in [1.29, 1.82) is 0 Å². The number of thiophene rings is 1. The molecular formula is C20H13BrClN3O4S. The van der Waals surface area contributed by atoms with Gasteiger partial charge in [-0.15, -0.1) is 11.3 Å². The third kappa shape index (κ3) is 3.83. The number of carbonyl (C=O) groups is 2. The molecule has 1 aliphatic heterocycles. The van der Waals surface area contributed by atoms with E-state index < -0.39 is 16.9 Å². The number of hydrogen-bond acceptors (Lipinski definition) is 5. The number of hydrogen-bond donors (Lipinski definition) is 1. The highest BCUT2D eigenvalue weighted by molar-refractivity contribution is 9.10. The number of halogens is 2. The molecule has 2 aromatic carbocycles. The minimum absolute atomic E-state index is 0.0609. The molecule has 3 aromatic rings. The Bertz CT molecular complexity index is 1170. The van der Waals surface area contributed by atoms with E-state index in [0.29, 0.717) is 5.69 Å². The summed E-state index contributed by atoms with van der Waals surface area (Å²) in [4.78, 5) is 38.9. The van der Waals surface area contributed by atoms with Gasteiger partial charge in [-0.05, 0) is 41.8 Å². The number of nitrogens with one attached hydrogen (secondary N) is 1. The Balaban J connectivity index is 1.86. The Morgan fingerprint density at radius 3 is 2.77 bits per heavy atom. The molecule has 0 aliphatic carbocycles. The Kier molecular flexibility index (Phi) is 5.59. The molecule has 1 aromatic heterocycles. The van der Waals surface area contributed by atoms with E-state index in [1.807, 2.05) is 29.6 Å². The molecule has 0 saturated carbocycles. The van der Waals surface area contributed by atoms with Crippen LogP contribution in [0.15, 0.2) is 58.4 Å². The summed E-state index contributed by atoms with van der Waals surface area (Å²) in [5, 5.41) is 15.9. The summed E-state index contributed by atoms with van der Waals surface area (Å²) in [6.07, 6.45) is 0. The normalized spacial score (nSPS) is 15.9. The standard InChI is InChI=1S/C20H13BrClN3O4S/c21-12-4-6-15-13(9-12)19(17-2-1-7-30-17)24(10-18(26)23-15)20(27)11-3-5-14(22)16(8-11)25(28)29/h1-9,19H,10H2,(H,23,26). The topological polar surface area (TPSA) is 92.5 Å². The Labute approximate surface area is 188 Å². The average Bonchev–Trinajstić information content (AvgIpc) is 3.18. The van der Waals surface area contributed by atoms with Crippen LogP contribution in [0.1, 0.15) is 26.8 Å². The van der Waals surface area contributed by atoms with Crippen molar-refractivity contribution in [2.45, 2.75) is 6.04 Å². The first kappa shape index (κ1) is 20.5. The number of fused-ring (bicyclic) bond motifs is 1. The number of rotatable bonds is 3. The number of nitrogens with zero attached hydrogens (tertiary/aromatic N) is 2. The SMILES string of the molecule is O=C1CN(C(=O)c2ccc(Cl)c([N+](=O)[O-])c2)C(c2cccs2)c2cc(Br)ccc2N1. The first-order valence-corrected chi connectivity index (χ1v) is 10.8. The maximum atomic E-state index is 13.5. The van der Waals surface area contributed by atoms with E-state index in [9.17, 15) is 19.7 Å². The van der Waals surface area contributed by atoms with Crippen molar-refractivity contribution in [3.63, 3.8) is 0 Å². The molecule has 0 bridgehead atoms. The van der Waals surface area contributed by atoms with Gasteiger partial charge in [0.2, 0.25) is 5.91 Å². The van der Waals surface area contributed by atoms with Crippen LogP contribution < -0.4 is 5.32 Å². The Hall–Kier alpha value is -2.75. The molecular weight excluding hydrogens is 494 g/mol. The first-order valence-electron chi connectivity index (χ1n) is 8.73. The molecule has 4 rings (SSSR count). The highest BCUT2D eigenvalue weighted by Gasteiger charge is 2.35. The zero-order valence-corrected chi connectivity index (χ0v) is 18.3. The lowest BCUT2D eigenvalue weighted by molar-refractivity contribution is -0.384. The fourth-order valence-electron chi connectivity index (χ4n) is 3.37. The third-order valence-corrected chi connectivity index (χ3v) is 6.41. The Morgan fingerprint density at radius 1 is 1.27 bits per heavy atom. The van der Waals surface area contributed by atoms with Gasteiger partial charge in [0, 0.05) is 32.2 Å². The van der Waals surface area contributed by atoms with Gasteiger partial charge < -0.3 is 10.2 Å². The molecule has 0 fully saturated rings. The van der Waals surface area contributed by atoms with Crippen molar-refractivity contribution < 1.29 is 14.5 Å². The van der Waals surface area contributed by atoms with E-state index in [4.69, 9.17) is 11.6 Å². The van der Waals surface area contributed by atoms with Gasteiger partial charge in [-0.2, -0.15) is 0 Å². The first-order chi connectivity index (χ1) is 14.3. The number of nitro groups is 1. The maximum Gasteiger partial charge on any atom is 0.288 e. The molecule has 1 atom stereocenters. The second-order valence-corrected chi connectivity index (χ2v) is 8.86. The lowest BCUT2D eigenvalue weighted by atomic mass is 10.0. The third-order valence-electron chi connectivity index (χ3n) is 4.67. The molecule has 2 amide bonds. The minimum Gasteiger partial charge on any atom is -0.324 e. The lowest BCUT2D eigenvalue weighted by Crippen LogP contribution is -2.38. The number of carbonyl (C=O) groups excluding carboxylic acids is 2. The summed E-state index contributed by atoms with van der Waals surface area (Å²) in [6.45, 7) is -0.204. The van der Waals surface area contributed by atoms with Crippen LogP contribution in [-0.2, 0) is 4.79 Å². The minimum atomic E-state index is -0.641. The smallest absolute Gasteiger partial charge is 0.288 e. The van der Waals surface area contributed by atoms with Gasteiger partial charge in [0.25, 0.3) is 11.6 Å². The van der Waals surface area contributed by atoms with E-state index in [1.54, 1.807) is 6.07 Å². The fraction of sp³-hybridized carbons (Fsp3) is 0.100. The summed E-state index contributed by atoms with van der Waals surface area (Å²) < 4.78 is 0.800. The summed E-state index contributed by atoms with van der Waals surface area (Å²) >= 11 is 10.8. The summed E-state index contributed by atoms with van der Waals surface area (Å²) in [7, 11) is 0. The van der Waals surface area contributed by atoms with Crippen LogP contribution in [0.25, 0.3) is 0 Å². The monoisotopic (exact) mass is 505 g/mol. The number of amides is 2. The van der Waals surface area contributed by atoms with Crippen LogP contribution in [0, 0.1) is 10.1 Å². The molecule has 1 N–H and O–H groups in total. The predicted molar refractivity (Wildman–Crippen MR) is 118 cm³/mol. The van der Waals surface area contributed by atoms with Gasteiger partial charge in [0.05, 0.1) is 11.0 Å². The number of nitro benzene ring substituents is 1. The molecule has 30 heavy (non-hydrogen) atoms. The molecule has 1 unspecified atom stereocenters. The quantitative estimate of drug-likeness (QED) is 0.387. The van der Waals surface area contributed by atoms with E-state index in [1.165, 1.54) is 28.4 Å². The van der Waals surface area contributed by atoms with Crippen LogP contribution in [0.5, 0.6) is 0 Å². The lowest BCUT2D eigenvalue weighted by Gasteiger charge is -2.29. The fourth-order valence-corrected chi connectivity index (χ4v) is 4.79. The zero-order valence-electron chi connectivity index (χ0n) is 15.2. The molecule has 2 heterocycles. The van der Waals surface area contributed by atoms with E-state index in [0.717, 1.165) is 21.0 Å². The van der Waals surface area contributed by atoms with Crippen LogP contribution in [-0.4, -0.2) is 28.2 Å². The van der Waals surface area contributed by atoms with Gasteiger partial charge in [0.15, 0.2) is 0 Å². The molecule has 0 saturated heterocycles. The molecule has 7 nitrogen and oxygen atoms in total. The van der Waals surface area contributed by atoms with Crippen molar-refractivity contribution >= 4 is 62.1 Å². The number of benzene rings is 2. The van der Waals surface area contributed by atoms with Crippen LogP contribution >= 0.6 is 38.9 Å². The second-order valence-electron chi connectivity index (χ2n) is 6.55. The van der Waals surface area contributed by atoms with E-state index in [-0.39, 0.29) is 28.7 Å². The summed E-state index contributed by atoms with van der Waals surface area (Å²) in [5.74, 6) is -0.856. The van der Waals surface area contributed by atoms with E-state index in [2.05, 4.69) is 21.2 Å². The molecule has 0 spiro atoms. The van der Waals surface area contributed by atoms with Gasteiger partial charge in [-0.25, -0.2) is 0 Å². The van der Waals surface area contributed by atoms with Crippen molar-refractivity contribution in [3.05, 3.63) is 89.5 Å². The summed E-state index contributed by atoms with van der Waals surface area (Å²) in [5.41, 5.74) is 1.07. The Morgan fingerprint density at radius 2 is 2.07 bits per heavy atom. The largest absolute Gasteiger partial charge is 0.324 e. The van der Waals surface area contributed by atoms with Crippen LogP contribution in [0.3, 0.4) is 0 Å². The molecule has 1 aliphatic rings. The average molecular weight is 507 g/mol. The highest BCUT2D eigenvalue weighted by Crippen LogP contribution is 2.40. The molecule has 0 radical (unpaired) electrons. The second kappa shape index (κ2) is 8.17. The van der Waals surface area contributed by atoms with Gasteiger partial charge in [-0.3, -0.25) is 19.7 Å². The highest BCUT2D eigenvalue weighted by atomic mass is 79.9. The number of anilines is 1. The predicted octanol–water partition coefficient (Wildman–Crippen LogP) is 5.26. The van der Waals surface area contributed by atoms with E-state index >= 15 is 0 Å². The molecule has 152 valence electrons.